The summed E-state index contributed by atoms with van der Waals surface area (Å²) in [5.74, 6) is -0.506. The Morgan fingerprint density at radius 3 is 2.70 bits per heavy atom. The fourth-order valence-corrected chi connectivity index (χ4v) is 5.85. The number of halogens is 1. The van der Waals surface area contributed by atoms with Gasteiger partial charge < -0.3 is 14.8 Å². The molecule has 0 radical (unpaired) electrons. The molecular weight excluding hydrogens is 496 g/mol. The van der Waals surface area contributed by atoms with Crippen molar-refractivity contribution in [2.45, 2.75) is 24.1 Å². The van der Waals surface area contributed by atoms with Gasteiger partial charge in [0.15, 0.2) is 17.0 Å². The third kappa shape index (κ3) is 3.77. The van der Waals surface area contributed by atoms with Gasteiger partial charge in [-0.2, -0.15) is 5.26 Å². The van der Waals surface area contributed by atoms with Crippen LogP contribution in [0.3, 0.4) is 0 Å². The number of hydrogen-bond donors (Lipinski definition) is 1. The molecule has 2 heterocycles. The average molecular weight is 519 g/mol. The summed E-state index contributed by atoms with van der Waals surface area (Å²) >= 11 is 6.62. The fraction of sp³-hybridized carbons (Fsp3) is 0.259. The summed E-state index contributed by atoms with van der Waals surface area (Å²) < 4.78 is 11.5. The zero-order valence-corrected chi connectivity index (χ0v) is 20.9. The third-order valence-corrected chi connectivity index (χ3v) is 7.51. The molecule has 2 aliphatic heterocycles. The first kappa shape index (κ1) is 24.6. The van der Waals surface area contributed by atoms with E-state index in [-0.39, 0.29) is 28.8 Å². The molecule has 3 atom stereocenters. The van der Waals surface area contributed by atoms with Crippen molar-refractivity contribution in [3.8, 4) is 17.6 Å². The molecule has 0 unspecified atom stereocenters. The Kier molecular flexibility index (Phi) is 6.23. The van der Waals surface area contributed by atoms with E-state index in [0.29, 0.717) is 33.7 Å². The molecule has 37 heavy (non-hydrogen) atoms. The molecule has 1 spiro atoms. The van der Waals surface area contributed by atoms with Crippen molar-refractivity contribution in [2.24, 2.45) is 0 Å². The van der Waals surface area contributed by atoms with E-state index in [4.69, 9.17) is 21.1 Å². The lowest BCUT2D eigenvalue weighted by atomic mass is 9.79. The number of amides is 1. The second kappa shape index (κ2) is 9.39. The van der Waals surface area contributed by atoms with Gasteiger partial charge in [0.05, 0.1) is 29.7 Å². The maximum atomic E-state index is 13.3. The highest BCUT2D eigenvalue weighted by Crippen LogP contribution is 2.53. The highest BCUT2D eigenvalue weighted by Gasteiger charge is 2.68. The van der Waals surface area contributed by atoms with Gasteiger partial charge in [-0.25, -0.2) is 0 Å². The Bertz CT molecular complexity index is 1450. The number of nitrogens with zero attached hydrogens (tertiary/aromatic N) is 3. The number of nitro groups is 1. The van der Waals surface area contributed by atoms with E-state index in [1.807, 2.05) is 6.07 Å². The molecule has 3 aromatic rings. The number of nitriles is 1. The van der Waals surface area contributed by atoms with Gasteiger partial charge in [0, 0.05) is 28.3 Å². The highest BCUT2D eigenvalue weighted by molar-refractivity contribution is 6.32. The Morgan fingerprint density at radius 2 is 1.97 bits per heavy atom. The summed E-state index contributed by atoms with van der Waals surface area (Å²) in [6.07, 6.45) is 0. The molecule has 1 saturated heterocycles. The second-order valence-electron chi connectivity index (χ2n) is 9.08. The monoisotopic (exact) mass is 518 g/mol. The zero-order valence-electron chi connectivity index (χ0n) is 20.1. The predicted octanol–water partition coefficient (Wildman–Crippen LogP) is 4.32. The zero-order chi connectivity index (χ0) is 26.3. The van der Waals surface area contributed by atoms with Gasteiger partial charge in [-0.1, -0.05) is 48.0 Å². The normalized spacial score (nSPS) is 22.4. The Morgan fingerprint density at radius 1 is 1.24 bits per heavy atom. The lowest BCUT2D eigenvalue weighted by Crippen LogP contribution is -2.54. The van der Waals surface area contributed by atoms with Crippen LogP contribution >= 0.6 is 11.6 Å². The summed E-state index contributed by atoms with van der Waals surface area (Å²) in [5, 5.41) is 24.9. The number of fused-ring (bicyclic) bond motifs is 2. The van der Waals surface area contributed by atoms with Crippen LogP contribution in [0.15, 0.2) is 60.7 Å². The number of rotatable bonds is 6. The summed E-state index contributed by atoms with van der Waals surface area (Å²) in [6, 6.07) is 18.3. The SMILES string of the molecule is COc1cc([C@@H]2CN(C)[C@@]3(C(=O)Nc4ccccc43)[C@@H]2[N+](=O)[O-])cc(Cl)c1OCc1ccccc1C#N. The maximum Gasteiger partial charge on any atom is 0.256 e. The number of benzene rings is 3. The summed E-state index contributed by atoms with van der Waals surface area (Å²) in [7, 11) is 3.18. The highest BCUT2D eigenvalue weighted by atomic mass is 35.5. The van der Waals surface area contributed by atoms with Gasteiger partial charge in [-0.3, -0.25) is 19.8 Å². The van der Waals surface area contributed by atoms with Gasteiger partial charge in [-0.15, -0.1) is 0 Å². The molecule has 1 N–H and O–H groups in total. The van der Waals surface area contributed by atoms with Gasteiger partial charge >= 0.3 is 0 Å². The summed E-state index contributed by atoms with van der Waals surface area (Å²) in [6.45, 7) is 0.339. The van der Waals surface area contributed by atoms with Crippen LogP contribution in [-0.4, -0.2) is 42.5 Å². The van der Waals surface area contributed by atoms with Crippen LogP contribution in [-0.2, 0) is 16.9 Å². The topological polar surface area (TPSA) is 118 Å². The smallest absolute Gasteiger partial charge is 0.256 e. The van der Waals surface area contributed by atoms with Crippen LogP contribution in [0.25, 0.3) is 0 Å². The number of nitrogens with one attached hydrogen (secondary N) is 1. The first-order valence-electron chi connectivity index (χ1n) is 11.6. The Labute approximate surface area is 218 Å². The molecule has 1 amide bonds. The van der Waals surface area contributed by atoms with E-state index in [9.17, 15) is 20.2 Å². The predicted molar refractivity (Wildman–Crippen MR) is 136 cm³/mol. The molecule has 0 saturated carbocycles. The number of likely N-dealkylation sites (N-methyl/N-ethyl adjacent to an activating group) is 1. The number of anilines is 1. The number of likely N-dealkylation sites (tertiary alicyclic amines) is 1. The van der Waals surface area contributed by atoms with E-state index >= 15 is 0 Å². The number of ether oxygens (including phenoxy) is 2. The number of para-hydroxylation sites is 1. The fourth-order valence-electron chi connectivity index (χ4n) is 5.58. The van der Waals surface area contributed by atoms with Gasteiger partial charge in [0.2, 0.25) is 0 Å². The van der Waals surface area contributed by atoms with Gasteiger partial charge in [0.1, 0.15) is 6.61 Å². The van der Waals surface area contributed by atoms with Crippen molar-refractivity contribution < 1.29 is 19.2 Å². The van der Waals surface area contributed by atoms with E-state index in [2.05, 4.69) is 11.4 Å². The minimum Gasteiger partial charge on any atom is -0.493 e. The van der Waals surface area contributed by atoms with Crippen LogP contribution in [0, 0.1) is 21.4 Å². The van der Waals surface area contributed by atoms with Crippen LogP contribution in [0.1, 0.15) is 28.2 Å². The van der Waals surface area contributed by atoms with E-state index in [0.717, 1.165) is 0 Å². The molecule has 0 aliphatic carbocycles. The second-order valence-corrected chi connectivity index (χ2v) is 9.48. The average Bonchev–Trinajstić information content (AvgIpc) is 3.37. The minimum atomic E-state index is -1.46. The van der Waals surface area contributed by atoms with Crippen molar-refractivity contribution in [1.82, 2.24) is 4.90 Å². The first-order chi connectivity index (χ1) is 17.8. The third-order valence-electron chi connectivity index (χ3n) is 7.23. The van der Waals surface area contributed by atoms with Crippen LogP contribution in [0.2, 0.25) is 5.02 Å². The molecule has 10 heteroatoms. The van der Waals surface area contributed by atoms with Crippen molar-refractivity contribution in [3.05, 3.63) is 98.1 Å². The van der Waals surface area contributed by atoms with Gasteiger partial charge in [0.25, 0.3) is 11.9 Å². The van der Waals surface area contributed by atoms with E-state index in [1.54, 1.807) is 66.5 Å². The number of carbonyl (C=O) groups is 1. The summed E-state index contributed by atoms with van der Waals surface area (Å²) in [4.78, 5) is 27.3. The van der Waals surface area contributed by atoms with E-state index < -0.39 is 23.4 Å². The minimum absolute atomic E-state index is 0.0862. The van der Waals surface area contributed by atoms with Crippen LogP contribution in [0.5, 0.6) is 11.5 Å². The first-order valence-corrected chi connectivity index (χ1v) is 11.9. The largest absolute Gasteiger partial charge is 0.493 e. The van der Waals surface area contributed by atoms with Gasteiger partial charge in [-0.05, 0) is 36.9 Å². The molecule has 0 bridgehead atoms. The lowest BCUT2D eigenvalue weighted by Gasteiger charge is -2.30. The van der Waals surface area contributed by atoms with Crippen molar-refractivity contribution in [2.75, 3.05) is 26.0 Å². The Balaban J connectivity index is 1.53. The summed E-state index contributed by atoms with van der Waals surface area (Å²) in [5.41, 5.74) is 1.43. The van der Waals surface area contributed by atoms with Crippen molar-refractivity contribution in [1.29, 1.82) is 5.26 Å². The molecule has 3 aromatic carbocycles. The molecular formula is C27H23ClN4O5. The van der Waals surface area contributed by atoms with E-state index in [1.165, 1.54) is 7.11 Å². The number of carbonyl (C=O) groups excluding carboxylic acids is 1. The van der Waals surface area contributed by atoms with Crippen molar-refractivity contribution in [3.63, 3.8) is 0 Å². The van der Waals surface area contributed by atoms with Crippen LogP contribution in [0.4, 0.5) is 5.69 Å². The molecule has 2 aliphatic rings. The number of hydrogen-bond acceptors (Lipinski definition) is 7. The lowest BCUT2D eigenvalue weighted by molar-refractivity contribution is -0.534. The standard InChI is InChI=1S/C27H23ClN4O5/c1-31-14-19(25(32(34)35)27(31)20-9-5-6-10-22(20)30-26(27)33)18-11-21(28)24(23(12-18)36-2)37-15-17-8-4-3-7-16(17)13-29/h3-12,19,25H,14-15H2,1-2H3,(H,30,33)/t19-,25+,27+/m0/s1. The number of methoxy groups -OCH3 is 1. The molecule has 5 rings (SSSR count). The molecule has 0 aromatic heterocycles. The van der Waals surface area contributed by atoms with Crippen LogP contribution < -0.4 is 14.8 Å². The molecule has 1 fully saturated rings. The van der Waals surface area contributed by atoms with Crippen molar-refractivity contribution >= 4 is 23.2 Å². The maximum absolute atomic E-state index is 13.3. The molecule has 9 nitrogen and oxygen atoms in total. The quantitative estimate of drug-likeness (QED) is 0.381. The Hall–Kier alpha value is -4.13. The molecule has 188 valence electrons.